The molecular weight excluding hydrogens is 102 g/mol. The Morgan fingerprint density at radius 1 is 1.62 bits per heavy atom. The van der Waals surface area contributed by atoms with Gasteiger partial charge in [0.2, 0.25) is 0 Å². The van der Waals surface area contributed by atoms with Crippen molar-refractivity contribution in [1.82, 2.24) is 0 Å². The Kier molecular flexibility index (Phi) is 3.24. The minimum absolute atomic E-state index is 0.549. The maximum absolute atomic E-state index is 9.75. The molecule has 0 rings (SSSR count). The SMILES string of the molecule is CC(CC(C)C)=N[O]. The number of hydrogen-bond acceptors (Lipinski definition) is 1. The van der Waals surface area contributed by atoms with Crippen molar-refractivity contribution in [2.75, 3.05) is 0 Å². The van der Waals surface area contributed by atoms with Gasteiger partial charge in [0.25, 0.3) is 0 Å². The molecule has 8 heavy (non-hydrogen) atoms. The zero-order valence-electron chi connectivity index (χ0n) is 5.64. The lowest BCUT2D eigenvalue weighted by Gasteiger charge is -1.98. The summed E-state index contributed by atoms with van der Waals surface area (Å²) in [6.07, 6.45) is 0.823. The fraction of sp³-hybridized carbons (Fsp3) is 0.833. The molecule has 0 aromatic carbocycles. The summed E-state index contributed by atoms with van der Waals surface area (Å²) in [6, 6.07) is 0. The molecule has 0 spiro atoms. The van der Waals surface area contributed by atoms with Crippen molar-refractivity contribution in [3.63, 3.8) is 0 Å². The lowest BCUT2D eigenvalue weighted by atomic mass is 10.1. The second kappa shape index (κ2) is 3.47. The Morgan fingerprint density at radius 2 is 2.12 bits per heavy atom. The molecule has 0 aromatic heterocycles. The van der Waals surface area contributed by atoms with Gasteiger partial charge in [0.1, 0.15) is 0 Å². The summed E-state index contributed by atoms with van der Waals surface area (Å²) >= 11 is 0. The van der Waals surface area contributed by atoms with E-state index >= 15 is 0 Å². The van der Waals surface area contributed by atoms with Crippen LogP contribution in [0.1, 0.15) is 27.2 Å². The minimum atomic E-state index is 0.549. The van der Waals surface area contributed by atoms with Crippen molar-refractivity contribution in [2.24, 2.45) is 11.1 Å². The van der Waals surface area contributed by atoms with E-state index in [1.807, 2.05) is 0 Å². The van der Waals surface area contributed by atoms with Crippen LogP contribution in [0, 0.1) is 5.92 Å². The van der Waals surface area contributed by atoms with Gasteiger partial charge >= 0.3 is 0 Å². The van der Waals surface area contributed by atoms with Crippen LogP contribution < -0.4 is 0 Å². The molecule has 0 bridgehead atoms. The lowest BCUT2D eigenvalue weighted by molar-refractivity contribution is 0.207. The molecular formula is C6H12NO. The third-order valence-corrected chi connectivity index (χ3v) is 0.859. The van der Waals surface area contributed by atoms with E-state index in [1.54, 1.807) is 6.92 Å². The second-order valence-corrected chi connectivity index (χ2v) is 2.42. The fourth-order valence-electron chi connectivity index (χ4n) is 0.628. The molecule has 0 heterocycles. The van der Waals surface area contributed by atoms with Gasteiger partial charge in [-0.15, -0.1) is 5.21 Å². The molecule has 0 atom stereocenters. The summed E-state index contributed by atoms with van der Waals surface area (Å²) in [6.45, 7) is 5.89. The highest BCUT2D eigenvalue weighted by atomic mass is 16.4. The molecule has 0 saturated heterocycles. The maximum atomic E-state index is 9.75. The average Bonchev–Trinajstić information content (AvgIpc) is 1.65. The molecule has 0 aromatic rings. The van der Waals surface area contributed by atoms with Crippen molar-refractivity contribution in [3.05, 3.63) is 0 Å². The predicted octanol–water partition coefficient (Wildman–Crippen LogP) is 1.84. The highest BCUT2D eigenvalue weighted by molar-refractivity contribution is 5.81. The van der Waals surface area contributed by atoms with Gasteiger partial charge in [-0.3, -0.25) is 0 Å². The van der Waals surface area contributed by atoms with Crippen LogP contribution in [0.15, 0.2) is 5.16 Å². The van der Waals surface area contributed by atoms with Gasteiger partial charge in [-0.1, -0.05) is 13.8 Å². The largest absolute Gasteiger partial charge is 0.146 e. The van der Waals surface area contributed by atoms with Gasteiger partial charge in [-0.25, -0.2) is 0 Å². The quantitative estimate of drug-likeness (QED) is 0.387. The second-order valence-electron chi connectivity index (χ2n) is 2.42. The smallest absolute Gasteiger partial charge is 0.0595 e. The molecule has 2 nitrogen and oxygen atoms in total. The Labute approximate surface area is 50.2 Å². The first-order valence-corrected chi connectivity index (χ1v) is 2.82. The molecule has 0 N–H and O–H groups in total. The van der Waals surface area contributed by atoms with Crippen LogP contribution in [0.2, 0.25) is 0 Å². The van der Waals surface area contributed by atoms with Gasteiger partial charge < -0.3 is 0 Å². The standard InChI is InChI=1S/C6H12NO/c1-5(2)4-6(3)7-8/h5H,4H2,1-3H3. The Balaban J connectivity index is 3.39. The lowest BCUT2D eigenvalue weighted by Crippen LogP contribution is -1.96. The number of hydrogen-bond donors (Lipinski definition) is 0. The summed E-state index contributed by atoms with van der Waals surface area (Å²) in [5.74, 6) is 0.549. The van der Waals surface area contributed by atoms with Crippen LogP contribution in [0.25, 0.3) is 0 Å². The predicted molar refractivity (Wildman–Crippen MR) is 33.3 cm³/mol. The molecule has 0 aliphatic heterocycles. The van der Waals surface area contributed by atoms with Gasteiger partial charge in [0.15, 0.2) is 0 Å². The van der Waals surface area contributed by atoms with Crippen molar-refractivity contribution in [1.29, 1.82) is 0 Å². The highest BCUT2D eigenvalue weighted by Crippen LogP contribution is 1.99. The normalized spacial score (nSPS) is 12.8. The first kappa shape index (κ1) is 7.47. The number of nitrogens with zero attached hydrogens (tertiary/aromatic N) is 1. The van der Waals surface area contributed by atoms with E-state index in [9.17, 15) is 5.21 Å². The Bertz CT molecular complexity index is 86.5. The summed E-state index contributed by atoms with van der Waals surface area (Å²) in [5.41, 5.74) is 0.694. The van der Waals surface area contributed by atoms with Crippen LogP contribution >= 0.6 is 0 Å². The summed E-state index contributed by atoms with van der Waals surface area (Å²) in [4.78, 5) is 0. The zero-order chi connectivity index (χ0) is 6.57. The van der Waals surface area contributed by atoms with E-state index < -0.39 is 0 Å². The first-order valence-electron chi connectivity index (χ1n) is 2.82. The minimum Gasteiger partial charge on any atom is -0.146 e. The fourth-order valence-corrected chi connectivity index (χ4v) is 0.628. The van der Waals surface area contributed by atoms with E-state index in [1.165, 1.54) is 0 Å². The molecule has 2 heteroatoms. The van der Waals surface area contributed by atoms with Crippen LogP contribution in [0.4, 0.5) is 0 Å². The molecule has 0 amide bonds. The first-order chi connectivity index (χ1) is 3.66. The van der Waals surface area contributed by atoms with Gasteiger partial charge in [0.05, 0.1) is 5.71 Å². The Morgan fingerprint density at radius 3 is 2.25 bits per heavy atom. The van der Waals surface area contributed by atoms with Crippen LogP contribution in [0.5, 0.6) is 0 Å². The number of rotatable bonds is 2. The third kappa shape index (κ3) is 3.65. The van der Waals surface area contributed by atoms with E-state index in [2.05, 4.69) is 19.0 Å². The molecule has 0 aliphatic rings. The van der Waals surface area contributed by atoms with E-state index in [4.69, 9.17) is 0 Å². The summed E-state index contributed by atoms with van der Waals surface area (Å²) < 4.78 is 0. The highest BCUT2D eigenvalue weighted by Gasteiger charge is 1.95. The molecule has 0 saturated carbocycles. The van der Waals surface area contributed by atoms with Crippen molar-refractivity contribution >= 4 is 5.71 Å². The van der Waals surface area contributed by atoms with Gasteiger partial charge in [-0.05, 0) is 24.4 Å². The molecule has 0 unspecified atom stereocenters. The van der Waals surface area contributed by atoms with E-state index in [0.717, 1.165) is 6.42 Å². The monoisotopic (exact) mass is 114 g/mol. The van der Waals surface area contributed by atoms with Crippen molar-refractivity contribution in [3.8, 4) is 0 Å². The van der Waals surface area contributed by atoms with Crippen LogP contribution in [0.3, 0.4) is 0 Å². The molecule has 0 fully saturated rings. The van der Waals surface area contributed by atoms with Crippen LogP contribution in [-0.4, -0.2) is 5.71 Å². The van der Waals surface area contributed by atoms with Crippen molar-refractivity contribution in [2.45, 2.75) is 27.2 Å². The van der Waals surface area contributed by atoms with Crippen LogP contribution in [-0.2, 0) is 5.21 Å². The van der Waals surface area contributed by atoms with E-state index in [-0.39, 0.29) is 0 Å². The summed E-state index contributed by atoms with van der Waals surface area (Å²) in [5, 5.41) is 12.5. The zero-order valence-corrected chi connectivity index (χ0v) is 5.64. The van der Waals surface area contributed by atoms with Gasteiger partial charge in [0, 0.05) is 0 Å². The van der Waals surface area contributed by atoms with Crippen molar-refractivity contribution < 1.29 is 5.21 Å². The maximum Gasteiger partial charge on any atom is 0.0595 e. The molecule has 1 radical (unpaired) electrons. The molecule has 0 aliphatic carbocycles. The molecule has 47 valence electrons. The summed E-state index contributed by atoms with van der Waals surface area (Å²) in [7, 11) is 0. The average molecular weight is 114 g/mol. The Hall–Kier alpha value is -0.530. The third-order valence-electron chi connectivity index (χ3n) is 0.859. The topological polar surface area (TPSA) is 32.3 Å². The van der Waals surface area contributed by atoms with E-state index in [0.29, 0.717) is 11.6 Å². The van der Waals surface area contributed by atoms with Gasteiger partial charge in [-0.2, -0.15) is 0 Å².